The molecule has 1 saturated carbocycles. The molecule has 11 heteroatoms. The number of rotatable bonds is 9. The van der Waals surface area contributed by atoms with E-state index < -0.39 is 6.43 Å². The quantitative estimate of drug-likeness (QED) is 0.432. The molecule has 3 heterocycles. The number of aromatic nitrogens is 4. The van der Waals surface area contributed by atoms with Crippen molar-refractivity contribution in [2.24, 2.45) is 5.92 Å². The normalized spacial score (nSPS) is 21.5. The molecule has 2 N–H and O–H groups in total. The van der Waals surface area contributed by atoms with E-state index in [1.54, 1.807) is 30.3 Å². The molecular formula is C26H34F3N7O. The van der Waals surface area contributed by atoms with Crippen molar-refractivity contribution in [1.29, 1.82) is 0 Å². The molecule has 1 aromatic carbocycles. The van der Waals surface area contributed by atoms with Crippen LogP contribution in [0, 0.1) is 5.92 Å². The number of fused-ring (bicyclic) bond motifs is 1. The van der Waals surface area contributed by atoms with E-state index in [2.05, 4.69) is 25.5 Å². The molecule has 2 aromatic heterocycles. The second-order valence-corrected chi connectivity index (χ2v) is 9.92. The Morgan fingerprint density at radius 1 is 1.03 bits per heavy atom. The molecule has 2 aliphatic rings. The highest BCUT2D eigenvalue weighted by atomic mass is 19.3. The molecule has 200 valence electrons. The van der Waals surface area contributed by atoms with Gasteiger partial charge < -0.3 is 20.3 Å². The number of benzene rings is 1. The zero-order valence-electron chi connectivity index (χ0n) is 21.0. The monoisotopic (exact) mass is 517 g/mol. The number of halogens is 3. The number of para-hydroxylation sites is 2. The number of ether oxygens (including phenoxy) is 1. The highest BCUT2D eigenvalue weighted by Crippen LogP contribution is 2.30. The largest absolute Gasteiger partial charge is 0.378 e. The SMILES string of the molecule is CC(CF)NC1CCC(CNc2nc(N3CCOCC3)cc(-n3c(C(F)F)nc4ccccc43)n2)CC1. The van der Waals surface area contributed by atoms with Crippen LogP contribution in [0.1, 0.15) is 44.9 Å². The predicted octanol–water partition coefficient (Wildman–Crippen LogP) is 4.51. The number of morpholine rings is 1. The van der Waals surface area contributed by atoms with E-state index in [-0.39, 0.29) is 18.5 Å². The lowest BCUT2D eigenvalue weighted by atomic mass is 9.86. The van der Waals surface area contributed by atoms with Crippen LogP contribution in [0.5, 0.6) is 0 Å². The summed E-state index contributed by atoms with van der Waals surface area (Å²) in [6.45, 7) is 4.68. The van der Waals surface area contributed by atoms with Crippen LogP contribution in [0.3, 0.4) is 0 Å². The van der Waals surface area contributed by atoms with Gasteiger partial charge in [0.05, 0.1) is 24.2 Å². The van der Waals surface area contributed by atoms with E-state index >= 15 is 0 Å². The smallest absolute Gasteiger partial charge is 0.296 e. The van der Waals surface area contributed by atoms with Crippen molar-refractivity contribution in [3.05, 3.63) is 36.2 Å². The van der Waals surface area contributed by atoms with Gasteiger partial charge in [-0.25, -0.2) is 18.2 Å². The van der Waals surface area contributed by atoms with Gasteiger partial charge in [-0.2, -0.15) is 9.97 Å². The highest BCUT2D eigenvalue weighted by Gasteiger charge is 2.25. The van der Waals surface area contributed by atoms with Crippen molar-refractivity contribution < 1.29 is 17.9 Å². The van der Waals surface area contributed by atoms with Gasteiger partial charge in [-0.1, -0.05) is 12.1 Å². The van der Waals surface area contributed by atoms with Crippen LogP contribution in [0.4, 0.5) is 24.9 Å². The summed E-state index contributed by atoms with van der Waals surface area (Å²) in [6.07, 6.45) is 1.27. The maximum absolute atomic E-state index is 14.0. The molecule has 2 fully saturated rings. The summed E-state index contributed by atoms with van der Waals surface area (Å²) in [4.78, 5) is 15.7. The summed E-state index contributed by atoms with van der Waals surface area (Å²) in [5, 5.41) is 6.73. The van der Waals surface area contributed by atoms with Gasteiger partial charge in [0.15, 0.2) is 5.82 Å². The van der Waals surface area contributed by atoms with Crippen molar-refractivity contribution in [2.75, 3.05) is 49.7 Å². The number of anilines is 2. The van der Waals surface area contributed by atoms with E-state index in [9.17, 15) is 13.2 Å². The van der Waals surface area contributed by atoms with Gasteiger partial charge in [0.2, 0.25) is 5.95 Å². The molecule has 1 saturated heterocycles. The maximum atomic E-state index is 14.0. The van der Waals surface area contributed by atoms with Gasteiger partial charge in [0, 0.05) is 37.8 Å². The second-order valence-electron chi connectivity index (χ2n) is 9.92. The Labute approximate surface area is 214 Å². The van der Waals surface area contributed by atoms with E-state index in [1.165, 1.54) is 4.57 Å². The molecule has 1 aliphatic heterocycles. The average Bonchev–Trinajstić information content (AvgIpc) is 3.33. The molecule has 1 aliphatic carbocycles. The van der Waals surface area contributed by atoms with Gasteiger partial charge in [-0.05, 0) is 50.7 Å². The van der Waals surface area contributed by atoms with Crippen LogP contribution in [-0.2, 0) is 4.74 Å². The Hall–Kier alpha value is -2.92. The summed E-state index contributed by atoms with van der Waals surface area (Å²) in [7, 11) is 0. The van der Waals surface area contributed by atoms with Crippen molar-refractivity contribution in [3.63, 3.8) is 0 Å². The van der Waals surface area contributed by atoms with Crippen molar-refractivity contribution >= 4 is 22.8 Å². The second kappa shape index (κ2) is 11.6. The maximum Gasteiger partial charge on any atom is 0.296 e. The standard InChI is InChI=1S/C26H34F3N7O/c1-17(15-27)31-19-8-6-18(7-9-19)16-30-26-33-22(35-10-12-37-13-11-35)14-23(34-26)36-21-5-3-2-4-20(21)32-25(36)24(28)29/h2-5,14,17-19,24,31H,6-13,15-16H2,1H3,(H,30,33,34). The summed E-state index contributed by atoms with van der Waals surface area (Å²) >= 11 is 0. The minimum absolute atomic E-state index is 0.119. The first-order chi connectivity index (χ1) is 18.0. The number of alkyl halides is 3. The minimum atomic E-state index is -2.76. The van der Waals surface area contributed by atoms with Gasteiger partial charge in [0.1, 0.15) is 18.3 Å². The Morgan fingerprint density at radius 3 is 2.49 bits per heavy atom. The van der Waals surface area contributed by atoms with Crippen LogP contribution >= 0.6 is 0 Å². The molecule has 0 spiro atoms. The first kappa shape index (κ1) is 25.7. The van der Waals surface area contributed by atoms with E-state index in [0.717, 1.165) is 25.7 Å². The number of hydrogen-bond acceptors (Lipinski definition) is 7. The number of hydrogen-bond donors (Lipinski definition) is 2. The van der Waals surface area contributed by atoms with E-state index in [1.807, 2.05) is 6.92 Å². The van der Waals surface area contributed by atoms with Gasteiger partial charge in [0.25, 0.3) is 6.43 Å². The Morgan fingerprint density at radius 2 is 1.76 bits per heavy atom. The van der Waals surface area contributed by atoms with Crippen molar-refractivity contribution in [2.45, 2.75) is 51.1 Å². The van der Waals surface area contributed by atoms with Crippen LogP contribution in [0.2, 0.25) is 0 Å². The number of imidazole rings is 1. The third kappa shape index (κ3) is 5.98. The van der Waals surface area contributed by atoms with Crippen LogP contribution in [0.15, 0.2) is 30.3 Å². The molecule has 0 bridgehead atoms. The lowest BCUT2D eigenvalue weighted by Crippen LogP contribution is -2.40. The molecule has 1 atom stereocenters. The van der Waals surface area contributed by atoms with Crippen molar-refractivity contribution in [3.8, 4) is 5.82 Å². The molecule has 0 amide bonds. The fourth-order valence-electron chi connectivity index (χ4n) is 5.22. The molecule has 37 heavy (non-hydrogen) atoms. The van der Waals surface area contributed by atoms with E-state index in [0.29, 0.717) is 73.4 Å². The molecule has 8 nitrogen and oxygen atoms in total. The molecular weight excluding hydrogens is 483 g/mol. The molecule has 5 rings (SSSR count). The Bertz CT molecular complexity index is 1180. The zero-order valence-corrected chi connectivity index (χ0v) is 21.0. The van der Waals surface area contributed by atoms with Crippen molar-refractivity contribution in [1.82, 2.24) is 24.8 Å². The molecule has 1 unspecified atom stereocenters. The number of nitrogens with zero attached hydrogens (tertiary/aromatic N) is 5. The topological polar surface area (TPSA) is 80.1 Å². The third-order valence-electron chi connectivity index (χ3n) is 7.19. The predicted molar refractivity (Wildman–Crippen MR) is 137 cm³/mol. The van der Waals surface area contributed by atoms with Crippen LogP contribution in [-0.4, -0.2) is 71.1 Å². The first-order valence-corrected chi connectivity index (χ1v) is 13.1. The number of nitrogens with one attached hydrogen (secondary N) is 2. The van der Waals surface area contributed by atoms with Crippen LogP contribution in [0.25, 0.3) is 16.9 Å². The van der Waals surface area contributed by atoms with Gasteiger partial charge >= 0.3 is 0 Å². The fourth-order valence-corrected chi connectivity index (χ4v) is 5.22. The summed E-state index contributed by atoms with van der Waals surface area (Å²) in [5.41, 5.74) is 1.06. The first-order valence-electron chi connectivity index (χ1n) is 13.1. The van der Waals surface area contributed by atoms with E-state index in [4.69, 9.17) is 9.72 Å². The average molecular weight is 518 g/mol. The third-order valence-corrected chi connectivity index (χ3v) is 7.19. The minimum Gasteiger partial charge on any atom is -0.378 e. The lowest BCUT2D eigenvalue weighted by Gasteiger charge is -2.31. The Balaban J connectivity index is 1.39. The summed E-state index contributed by atoms with van der Waals surface area (Å²) in [6, 6.07) is 9.05. The summed E-state index contributed by atoms with van der Waals surface area (Å²) < 4.78 is 47.8. The highest BCUT2D eigenvalue weighted by molar-refractivity contribution is 5.78. The molecule has 0 radical (unpaired) electrons. The lowest BCUT2D eigenvalue weighted by molar-refractivity contribution is 0.122. The molecule has 3 aromatic rings. The summed E-state index contributed by atoms with van der Waals surface area (Å²) in [5.74, 6) is 1.52. The zero-order chi connectivity index (χ0) is 25.8. The fraction of sp³-hybridized carbons (Fsp3) is 0.577. The van der Waals surface area contributed by atoms with Gasteiger partial charge in [-0.3, -0.25) is 4.57 Å². The van der Waals surface area contributed by atoms with Crippen LogP contribution < -0.4 is 15.5 Å². The Kier molecular flexibility index (Phi) is 8.09. The van der Waals surface area contributed by atoms with Gasteiger partial charge in [-0.15, -0.1) is 0 Å².